The molecule has 0 amide bonds. The van der Waals surface area contributed by atoms with Crippen molar-refractivity contribution in [2.45, 2.75) is 142 Å². The van der Waals surface area contributed by atoms with Crippen LogP contribution in [0.25, 0.3) is 0 Å². The minimum atomic E-state index is 0. The zero-order valence-corrected chi connectivity index (χ0v) is 18.2. The zero-order chi connectivity index (χ0) is 18.1. The molecule has 0 aliphatic heterocycles. The van der Waals surface area contributed by atoms with E-state index in [9.17, 15) is 0 Å². The molecule has 0 aromatic carbocycles. The van der Waals surface area contributed by atoms with Crippen LogP contribution in [-0.2, 0) is 0 Å². The van der Waals surface area contributed by atoms with E-state index in [-0.39, 0.29) is 11.0 Å². The van der Waals surface area contributed by atoms with Crippen molar-refractivity contribution in [1.82, 2.24) is 0 Å². The van der Waals surface area contributed by atoms with Gasteiger partial charge in [-0.25, -0.2) is 0 Å². The maximum absolute atomic E-state index is 7.11. The highest BCUT2D eigenvalue weighted by atomic mass is 16.0. The van der Waals surface area contributed by atoms with Crippen molar-refractivity contribution >= 4 is 0 Å². The van der Waals surface area contributed by atoms with Crippen molar-refractivity contribution in [2.75, 3.05) is 0 Å². The second kappa shape index (κ2) is 18.7. The van der Waals surface area contributed by atoms with Gasteiger partial charge in [0.25, 0.3) is 0 Å². The predicted molar refractivity (Wildman–Crippen MR) is 115 cm³/mol. The molecule has 0 rings (SSSR count). The monoisotopic (exact) mass is 357 g/mol. The van der Waals surface area contributed by atoms with Crippen LogP contribution in [0.3, 0.4) is 0 Å². The summed E-state index contributed by atoms with van der Waals surface area (Å²) in [5.41, 5.74) is 7.22. The molecule has 0 aromatic rings. The minimum Gasteiger partial charge on any atom is -0.412 e. The quantitative estimate of drug-likeness (QED) is 0.259. The summed E-state index contributed by atoms with van der Waals surface area (Å²) in [4.78, 5) is 0. The van der Waals surface area contributed by atoms with E-state index in [1.54, 1.807) is 0 Å². The second-order valence-electron chi connectivity index (χ2n) is 8.19. The zero-order valence-electron chi connectivity index (χ0n) is 18.2. The van der Waals surface area contributed by atoms with Gasteiger partial charge in [0.1, 0.15) is 0 Å². The van der Waals surface area contributed by atoms with Gasteiger partial charge < -0.3 is 11.2 Å². The molecule has 0 spiro atoms. The summed E-state index contributed by atoms with van der Waals surface area (Å²) < 4.78 is 0. The van der Waals surface area contributed by atoms with Gasteiger partial charge in [0, 0.05) is 5.54 Å². The molecule has 4 N–H and O–H groups in total. The van der Waals surface area contributed by atoms with Gasteiger partial charge in [0.15, 0.2) is 0 Å². The van der Waals surface area contributed by atoms with Crippen LogP contribution in [0.4, 0.5) is 0 Å². The number of nitrogens with two attached hydrogens (primary N) is 1. The lowest BCUT2D eigenvalue weighted by Gasteiger charge is -2.39. The van der Waals surface area contributed by atoms with Crippen molar-refractivity contribution in [3.8, 4) is 0 Å². The van der Waals surface area contributed by atoms with E-state index >= 15 is 0 Å². The molecule has 0 bridgehead atoms. The van der Waals surface area contributed by atoms with Gasteiger partial charge >= 0.3 is 0 Å². The number of rotatable bonds is 18. The highest BCUT2D eigenvalue weighted by Crippen LogP contribution is 2.34. The Labute approximate surface area is 160 Å². The van der Waals surface area contributed by atoms with Gasteiger partial charge in [-0.05, 0) is 31.6 Å². The molecular weight excluding hydrogens is 306 g/mol. The molecule has 0 saturated heterocycles. The molecular formula is C23H51NO. The molecule has 2 heteroatoms. The Kier molecular flexibility index (Phi) is 20.3. The van der Waals surface area contributed by atoms with Crippen LogP contribution in [0.5, 0.6) is 0 Å². The topological polar surface area (TPSA) is 57.5 Å². The number of hydrogen-bond acceptors (Lipinski definition) is 1. The normalized spacial score (nSPS) is 12.8. The van der Waals surface area contributed by atoms with Crippen molar-refractivity contribution < 1.29 is 5.48 Å². The van der Waals surface area contributed by atoms with Gasteiger partial charge in [-0.3, -0.25) is 0 Å². The van der Waals surface area contributed by atoms with Gasteiger partial charge in [-0.15, -0.1) is 0 Å². The van der Waals surface area contributed by atoms with Crippen molar-refractivity contribution in [3.63, 3.8) is 0 Å². The lowest BCUT2D eigenvalue weighted by Crippen LogP contribution is -2.47. The molecule has 1 atom stereocenters. The highest BCUT2D eigenvalue weighted by Gasteiger charge is 2.32. The third-order valence-electron chi connectivity index (χ3n) is 5.85. The van der Waals surface area contributed by atoms with Crippen LogP contribution >= 0.6 is 0 Å². The van der Waals surface area contributed by atoms with Crippen LogP contribution in [0.1, 0.15) is 137 Å². The third kappa shape index (κ3) is 13.7. The molecule has 2 nitrogen and oxygen atoms in total. The first-order valence-corrected chi connectivity index (χ1v) is 11.4. The third-order valence-corrected chi connectivity index (χ3v) is 5.85. The Balaban J connectivity index is 0. The first-order valence-electron chi connectivity index (χ1n) is 11.4. The maximum Gasteiger partial charge on any atom is 0.0182 e. The molecule has 0 fully saturated rings. The Morgan fingerprint density at radius 1 is 0.560 bits per heavy atom. The summed E-state index contributed by atoms with van der Waals surface area (Å²) in [6.45, 7) is 9.24. The summed E-state index contributed by atoms with van der Waals surface area (Å²) in [5.74, 6) is 0.752. The summed E-state index contributed by atoms with van der Waals surface area (Å²) in [7, 11) is 0. The molecule has 0 aliphatic carbocycles. The van der Waals surface area contributed by atoms with Crippen LogP contribution in [-0.4, -0.2) is 11.0 Å². The van der Waals surface area contributed by atoms with Crippen LogP contribution in [0.2, 0.25) is 0 Å². The van der Waals surface area contributed by atoms with Gasteiger partial charge in [-0.1, -0.05) is 111 Å². The van der Waals surface area contributed by atoms with Crippen LogP contribution in [0.15, 0.2) is 0 Å². The molecule has 0 radical (unpaired) electrons. The van der Waals surface area contributed by atoms with Crippen molar-refractivity contribution in [2.24, 2.45) is 11.7 Å². The van der Waals surface area contributed by atoms with Gasteiger partial charge in [0.2, 0.25) is 0 Å². The van der Waals surface area contributed by atoms with Crippen molar-refractivity contribution in [1.29, 1.82) is 0 Å². The average molecular weight is 358 g/mol. The molecule has 0 heterocycles. The highest BCUT2D eigenvalue weighted by molar-refractivity contribution is 4.91. The van der Waals surface area contributed by atoms with E-state index in [2.05, 4.69) is 27.7 Å². The second-order valence-corrected chi connectivity index (χ2v) is 8.19. The lowest BCUT2D eigenvalue weighted by atomic mass is 9.72. The van der Waals surface area contributed by atoms with E-state index in [1.165, 1.54) is 109 Å². The maximum atomic E-state index is 7.11. The molecule has 0 saturated carbocycles. The van der Waals surface area contributed by atoms with Crippen molar-refractivity contribution in [3.05, 3.63) is 0 Å². The Morgan fingerprint density at radius 3 is 1.40 bits per heavy atom. The fourth-order valence-electron chi connectivity index (χ4n) is 4.18. The Hall–Kier alpha value is -0.0800. The first-order chi connectivity index (χ1) is 11.6. The van der Waals surface area contributed by atoms with E-state index in [1.807, 2.05) is 0 Å². The van der Waals surface area contributed by atoms with Crippen LogP contribution in [0, 0.1) is 5.92 Å². The first kappa shape index (κ1) is 27.1. The predicted octanol–water partition coefficient (Wildman–Crippen LogP) is 7.19. The molecule has 25 heavy (non-hydrogen) atoms. The number of unbranched alkanes of at least 4 members (excludes halogenated alkanes) is 9. The summed E-state index contributed by atoms with van der Waals surface area (Å²) >= 11 is 0. The molecule has 0 aromatic heterocycles. The average Bonchev–Trinajstić information content (AvgIpc) is 2.58. The Bertz CT molecular complexity index is 242. The number of hydrogen-bond donors (Lipinski definition) is 1. The Morgan fingerprint density at radius 2 is 1.00 bits per heavy atom. The molecule has 0 aliphatic rings. The van der Waals surface area contributed by atoms with E-state index in [4.69, 9.17) is 5.73 Å². The minimum absolute atomic E-state index is 0. The van der Waals surface area contributed by atoms with E-state index in [0.29, 0.717) is 0 Å². The van der Waals surface area contributed by atoms with Crippen LogP contribution < -0.4 is 5.73 Å². The van der Waals surface area contributed by atoms with E-state index < -0.39 is 0 Å². The lowest BCUT2D eigenvalue weighted by molar-refractivity contribution is 0.193. The summed E-state index contributed by atoms with van der Waals surface area (Å²) in [5, 5.41) is 0. The fraction of sp³-hybridized carbons (Fsp3) is 1.00. The van der Waals surface area contributed by atoms with E-state index in [0.717, 1.165) is 5.92 Å². The molecule has 1 unspecified atom stereocenters. The SMILES string of the molecule is CCCCCCC(CCC)C(N)(CCCCCC)CCCCCC.O. The fourth-order valence-corrected chi connectivity index (χ4v) is 4.18. The summed E-state index contributed by atoms with van der Waals surface area (Å²) in [6.07, 6.45) is 22.9. The molecule has 154 valence electrons. The van der Waals surface area contributed by atoms with Gasteiger partial charge in [-0.2, -0.15) is 0 Å². The largest absolute Gasteiger partial charge is 0.412 e. The standard InChI is InChI=1S/C23H49N.H2O/c1-5-9-12-15-19-22(18-8-4)23(24,20-16-13-10-6-2)21-17-14-11-7-3;/h22H,5-21,24H2,1-4H3;1H2. The summed E-state index contributed by atoms with van der Waals surface area (Å²) in [6, 6.07) is 0. The smallest absolute Gasteiger partial charge is 0.0182 e. The van der Waals surface area contributed by atoms with Gasteiger partial charge in [0.05, 0.1) is 0 Å².